The van der Waals surface area contributed by atoms with Crippen molar-refractivity contribution in [2.45, 2.75) is 26.4 Å². The Labute approximate surface area is 150 Å². The number of hydrogen-bond donors (Lipinski definition) is 0. The van der Waals surface area contributed by atoms with Crippen LogP contribution in [-0.2, 0) is 13.1 Å². The van der Waals surface area contributed by atoms with Crippen LogP contribution >= 0.6 is 11.6 Å². The van der Waals surface area contributed by atoms with Crippen molar-refractivity contribution in [3.05, 3.63) is 64.7 Å². The number of fused-ring (bicyclic) bond motifs is 1. The predicted octanol–water partition coefficient (Wildman–Crippen LogP) is 4.51. The highest BCUT2D eigenvalue weighted by molar-refractivity contribution is 6.30. The quantitative estimate of drug-likeness (QED) is 0.672. The number of aryl methyl sites for hydroxylation is 1. The van der Waals surface area contributed by atoms with Gasteiger partial charge in [-0.05, 0) is 42.8 Å². The molecule has 6 heteroatoms. The molecular weight excluding hydrogens is 341 g/mol. The standard InChI is InChI=1S/C19H19ClFN3O/c1-3-9-24-17-11-15(21)7-8-16(17)22-18(24)12-23(2)19(25)13-5-4-6-14(20)10-13/h4-8,10-11H,3,9,12H2,1-2H3. The van der Waals surface area contributed by atoms with Crippen LogP contribution < -0.4 is 0 Å². The summed E-state index contributed by atoms with van der Waals surface area (Å²) in [5, 5.41) is 0.521. The van der Waals surface area contributed by atoms with Crippen LogP contribution in [0.25, 0.3) is 11.0 Å². The Balaban J connectivity index is 1.91. The molecule has 0 bridgehead atoms. The molecule has 0 radical (unpaired) electrons. The molecule has 0 atom stereocenters. The van der Waals surface area contributed by atoms with Crippen LogP contribution in [0, 0.1) is 5.82 Å². The Hall–Kier alpha value is -2.40. The lowest BCUT2D eigenvalue weighted by Gasteiger charge is -2.18. The number of imidazole rings is 1. The van der Waals surface area contributed by atoms with E-state index in [-0.39, 0.29) is 11.7 Å². The maximum atomic E-state index is 13.6. The molecule has 0 unspecified atom stereocenters. The number of hydrogen-bond acceptors (Lipinski definition) is 2. The topological polar surface area (TPSA) is 38.1 Å². The van der Waals surface area contributed by atoms with Crippen molar-refractivity contribution < 1.29 is 9.18 Å². The number of nitrogens with zero attached hydrogens (tertiary/aromatic N) is 3. The van der Waals surface area contributed by atoms with E-state index in [9.17, 15) is 9.18 Å². The number of carbonyl (C=O) groups is 1. The van der Waals surface area contributed by atoms with E-state index in [2.05, 4.69) is 11.9 Å². The van der Waals surface area contributed by atoms with Gasteiger partial charge in [-0.15, -0.1) is 0 Å². The Kier molecular flexibility index (Phi) is 5.04. The molecule has 1 heterocycles. The Bertz CT molecular complexity index is 922. The second kappa shape index (κ2) is 7.23. The molecule has 3 aromatic rings. The van der Waals surface area contributed by atoms with Crippen LogP contribution in [0.4, 0.5) is 4.39 Å². The molecular formula is C19H19ClFN3O. The van der Waals surface area contributed by atoms with Crippen molar-refractivity contribution in [2.24, 2.45) is 0 Å². The summed E-state index contributed by atoms with van der Waals surface area (Å²) in [6.07, 6.45) is 0.890. The third kappa shape index (κ3) is 3.66. The van der Waals surface area contributed by atoms with Gasteiger partial charge >= 0.3 is 0 Å². The number of halogens is 2. The van der Waals surface area contributed by atoms with Crippen molar-refractivity contribution in [2.75, 3.05) is 7.05 Å². The summed E-state index contributed by atoms with van der Waals surface area (Å²) in [6.45, 7) is 3.10. The van der Waals surface area contributed by atoms with Gasteiger partial charge in [-0.1, -0.05) is 24.6 Å². The maximum absolute atomic E-state index is 13.6. The first-order chi connectivity index (χ1) is 12.0. The minimum atomic E-state index is -0.292. The van der Waals surface area contributed by atoms with Gasteiger partial charge in [0, 0.05) is 24.2 Å². The molecule has 130 valence electrons. The fraction of sp³-hybridized carbons (Fsp3) is 0.263. The van der Waals surface area contributed by atoms with E-state index in [1.165, 1.54) is 12.1 Å². The highest BCUT2D eigenvalue weighted by atomic mass is 35.5. The van der Waals surface area contributed by atoms with E-state index < -0.39 is 0 Å². The first kappa shape index (κ1) is 17.4. The average Bonchev–Trinajstić information content (AvgIpc) is 2.91. The van der Waals surface area contributed by atoms with Crippen LogP contribution in [-0.4, -0.2) is 27.4 Å². The van der Waals surface area contributed by atoms with Crippen LogP contribution in [0.15, 0.2) is 42.5 Å². The van der Waals surface area contributed by atoms with E-state index >= 15 is 0 Å². The van der Waals surface area contributed by atoms with Crippen LogP contribution in [0.3, 0.4) is 0 Å². The molecule has 1 amide bonds. The molecule has 0 aliphatic heterocycles. The largest absolute Gasteiger partial charge is 0.334 e. The van der Waals surface area contributed by atoms with E-state index in [4.69, 9.17) is 11.6 Å². The van der Waals surface area contributed by atoms with E-state index in [1.54, 1.807) is 42.3 Å². The lowest BCUT2D eigenvalue weighted by molar-refractivity contribution is 0.0780. The molecule has 4 nitrogen and oxygen atoms in total. The van der Waals surface area contributed by atoms with Gasteiger partial charge in [-0.2, -0.15) is 0 Å². The zero-order chi connectivity index (χ0) is 18.0. The van der Waals surface area contributed by atoms with Gasteiger partial charge in [-0.25, -0.2) is 9.37 Å². The van der Waals surface area contributed by atoms with Gasteiger partial charge in [0.25, 0.3) is 5.91 Å². The summed E-state index contributed by atoms with van der Waals surface area (Å²) < 4.78 is 15.6. The first-order valence-electron chi connectivity index (χ1n) is 8.15. The number of aromatic nitrogens is 2. The van der Waals surface area contributed by atoms with Crippen LogP contribution in [0.2, 0.25) is 5.02 Å². The summed E-state index contributed by atoms with van der Waals surface area (Å²) in [4.78, 5) is 18.8. The SMILES string of the molecule is CCCn1c(CN(C)C(=O)c2cccc(Cl)c2)nc2ccc(F)cc21. The summed E-state index contributed by atoms with van der Waals surface area (Å²) in [6, 6.07) is 11.4. The molecule has 0 fully saturated rings. The lowest BCUT2D eigenvalue weighted by Crippen LogP contribution is -2.27. The Morgan fingerprint density at radius 1 is 1.28 bits per heavy atom. The summed E-state index contributed by atoms with van der Waals surface area (Å²) >= 11 is 5.97. The van der Waals surface area contributed by atoms with Gasteiger partial charge in [0.15, 0.2) is 0 Å². The molecule has 3 rings (SSSR count). The summed E-state index contributed by atoms with van der Waals surface area (Å²) in [5.74, 6) is 0.309. The molecule has 0 N–H and O–H groups in total. The predicted molar refractivity (Wildman–Crippen MR) is 97.2 cm³/mol. The zero-order valence-electron chi connectivity index (χ0n) is 14.2. The highest BCUT2D eigenvalue weighted by Crippen LogP contribution is 2.20. The molecule has 0 aliphatic rings. The third-order valence-electron chi connectivity index (χ3n) is 4.03. The monoisotopic (exact) mass is 359 g/mol. The molecule has 2 aromatic carbocycles. The molecule has 0 saturated heterocycles. The number of benzene rings is 2. The van der Waals surface area contributed by atoms with Gasteiger partial charge < -0.3 is 9.47 Å². The average molecular weight is 360 g/mol. The minimum Gasteiger partial charge on any atom is -0.334 e. The second-order valence-electron chi connectivity index (χ2n) is 5.98. The zero-order valence-corrected chi connectivity index (χ0v) is 14.9. The van der Waals surface area contributed by atoms with Crippen molar-refractivity contribution >= 4 is 28.5 Å². The van der Waals surface area contributed by atoms with E-state index in [1.807, 2.05) is 4.57 Å². The molecule has 0 saturated carbocycles. The smallest absolute Gasteiger partial charge is 0.254 e. The Morgan fingerprint density at radius 3 is 2.80 bits per heavy atom. The molecule has 0 spiro atoms. The fourth-order valence-corrected chi connectivity index (χ4v) is 3.06. The van der Waals surface area contributed by atoms with Crippen molar-refractivity contribution in [1.29, 1.82) is 0 Å². The van der Waals surface area contributed by atoms with E-state index in [0.29, 0.717) is 23.7 Å². The molecule has 1 aromatic heterocycles. The van der Waals surface area contributed by atoms with Crippen LogP contribution in [0.5, 0.6) is 0 Å². The van der Waals surface area contributed by atoms with E-state index in [0.717, 1.165) is 23.3 Å². The van der Waals surface area contributed by atoms with Crippen molar-refractivity contribution in [3.63, 3.8) is 0 Å². The number of carbonyl (C=O) groups excluding carboxylic acids is 1. The lowest BCUT2D eigenvalue weighted by atomic mass is 10.2. The maximum Gasteiger partial charge on any atom is 0.254 e. The third-order valence-corrected chi connectivity index (χ3v) is 4.27. The van der Waals surface area contributed by atoms with Gasteiger partial charge in [-0.3, -0.25) is 4.79 Å². The fourth-order valence-electron chi connectivity index (χ4n) is 2.87. The minimum absolute atomic E-state index is 0.135. The van der Waals surface area contributed by atoms with Gasteiger partial charge in [0.05, 0.1) is 17.6 Å². The number of rotatable bonds is 5. The normalized spacial score (nSPS) is 11.0. The van der Waals surface area contributed by atoms with Crippen LogP contribution in [0.1, 0.15) is 29.5 Å². The van der Waals surface area contributed by atoms with Crippen molar-refractivity contribution in [1.82, 2.24) is 14.5 Å². The number of amides is 1. The molecule has 25 heavy (non-hydrogen) atoms. The van der Waals surface area contributed by atoms with Gasteiger partial charge in [0.1, 0.15) is 11.6 Å². The second-order valence-corrected chi connectivity index (χ2v) is 6.42. The Morgan fingerprint density at radius 2 is 2.08 bits per heavy atom. The summed E-state index contributed by atoms with van der Waals surface area (Å²) in [7, 11) is 1.72. The molecule has 0 aliphatic carbocycles. The summed E-state index contributed by atoms with van der Waals surface area (Å²) in [5.41, 5.74) is 2.01. The van der Waals surface area contributed by atoms with Gasteiger partial charge in [0.2, 0.25) is 0 Å². The first-order valence-corrected chi connectivity index (χ1v) is 8.53. The highest BCUT2D eigenvalue weighted by Gasteiger charge is 2.17. The van der Waals surface area contributed by atoms with Crippen molar-refractivity contribution in [3.8, 4) is 0 Å².